The van der Waals surface area contributed by atoms with Crippen LogP contribution in [0.2, 0.25) is 0 Å². The molecule has 92 valence electrons. The number of benzene rings is 1. The van der Waals surface area contributed by atoms with E-state index in [9.17, 15) is 9.59 Å². The van der Waals surface area contributed by atoms with E-state index in [-0.39, 0.29) is 17.9 Å². The van der Waals surface area contributed by atoms with Crippen molar-refractivity contribution in [3.05, 3.63) is 66.6 Å². The summed E-state index contributed by atoms with van der Waals surface area (Å²) in [5, 5.41) is 0. The van der Waals surface area contributed by atoms with E-state index in [2.05, 4.69) is 38.5 Å². The topological polar surface area (TPSA) is 39.1 Å². The van der Waals surface area contributed by atoms with Crippen LogP contribution >= 0.6 is 38.5 Å². The molecule has 0 atom stereocenters. The van der Waals surface area contributed by atoms with E-state index < -0.39 is 0 Å². The first-order chi connectivity index (χ1) is 8.58. The predicted molar refractivity (Wildman–Crippen MR) is 81.9 cm³/mol. The van der Waals surface area contributed by atoms with Crippen molar-refractivity contribution in [1.29, 1.82) is 0 Å². The predicted octanol–water partition coefficient (Wildman–Crippen LogP) is 3.10. The SMILES string of the molecule is O=C(Cn1cccc(Br)c1=O)c1ccc(I)cc1. The molecule has 0 bridgehead atoms. The van der Waals surface area contributed by atoms with Crippen molar-refractivity contribution in [1.82, 2.24) is 4.57 Å². The third-order valence-corrected chi connectivity index (χ3v) is 3.78. The highest BCUT2D eigenvalue weighted by Crippen LogP contribution is 2.08. The minimum Gasteiger partial charge on any atom is -0.307 e. The van der Waals surface area contributed by atoms with Crippen LogP contribution in [-0.4, -0.2) is 10.4 Å². The van der Waals surface area contributed by atoms with Gasteiger partial charge in [-0.1, -0.05) is 12.1 Å². The number of aromatic nitrogens is 1. The van der Waals surface area contributed by atoms with Gasteiger partial charge in [-0.25, -0.2) is 0 Å². The van der Waals surface area contributed by atoms with E-state index in [1.54, 1.807) is 30.5 Å². The van der Waals surface area contributed by atoms with Crippen LogP contribution < -0.4 is 5.56 Å². The van der Waals surface area contributed by atoms with Crippen molar-refractivity contribution >= 4 is 44.3 Å². The lowest BCUT2D eigenvalue weighted by molar-refractivity contribution is 0.0971. The first-order valence-corrected chi connectivity index (χ1v) is 7.09. The molecule has 1 heterocycles. The highest BCUT2D eigenvalue weighted by molar-refractivity contribution is 14.1. The molecule has 3 nitrogen and oxygen atoms in total. The fourth-order valence-electron chi connectivity index (χ4n) is 1.51. The highest BCUT2D eigenvalue weighted by atomic mass is 127. The Kier molecular flexibility index (Phi) is 4.34. The molecule has 0 aliphatic rings. The van der Waals surface area contributed by atoms with Gasteiger partial charge in [0, 0.05) is 15.3 Å². The standard InChI is InChI=1S/C13H9BrINO2/c14-11-2-1-7-16(13(11)18)8-12(17)9-3-5-10(15)6-4-9/h1-7H,8H2. The van der Waals surface area contributed by atoms with Crippen LogP contribution in [0.1, 0.15) is 10.4 Å². The summed E-state index contributed by atoms with van der Waals surface area (Å²) >= 11 is 5.34. The lowest BCUT2D eigenvalue weighted by Crippen LogP contribution is -2.23. The van der Waals surface area contributed by atoms with Gasteiger partial charge in [-0.05, 0) is 62.8 Å². The van der Waals surface area contributed by atoms with E-state index in [1.807, 2.05) is 12.1 Å². The summed E-state index contributed by atoms with van der Waals surface area (Å²) in [6, 6.07) is 10.7. The average molecular weight is 418 g/mol. The summed E-state index contributed by atoms with van der Waals surface area (Å²) in [6.07, 6.45) is 1.61. The van der Waals surface area contributed by atoms with Crippen LogP contribution in [0.25, 0.3) is 0 Å². The minimum atomic E-state index is -0.198. The van der Waals surface area contributed by atoms with E-state index >= 15 is 0 Å². The van der Waals surface area contributed by atoms with E-state index in [1.165, 1.54) is 4.57 Å². The first-order valence-electron chi connectivity index (χ1n) is 5.21. The van der Waals surface area contributed by atoms with Crippen LogP contribution in [-0.2, 0) is 6.54 Å². The fraction of sp³-hybridized carbons (Fsp3) is 0.0769. The zero-order valence-electron chi connectivity index (χ0n) is 9.27. The molecule has 0 saturated heterocycles. The van der Waals surface area contributed by atoms with Crippen molar-refractivity contribution in [2.75, 3.05) is 0 Å². The van der Waals surface area contributed by atoms with Crippen molar-refractivity contribution < 1.29 is 4.79 Å². The number of hydrogen-bond acceptors (Lipinski definition) is 2. The first kappa shape index (κ1) is 13.5. The normalized spacial score (nSPS) is 10.3. The molecule has 18 heavy (non-hydrogen) atoms. The summed E-state index contributed by atoms with van der Waals surface area (Å²) in [4.78, 5) is 23.8. The summed E-state index contributed by atoms with van der Waals surface area (Å²) in [5.74, 6) is -0.0772. The Morgan fingerprint density at radius 3 is 2.56 bits per heavy atom. The lowest BCUT2D eigenvalue weighted by atomic mass is 10.1. The fourth-order valence-corrected chi connectivity index (χ4v) is 2.25. The number of hydrogen-bond donors (Lipinski definition) is 0. The maximum Gasteiger partial charge on any atom is 0.265 e. The number of pyridine rings is 1. The summed E-state index contributed by atoms with van der Waals surface area (Å²) in [6.45, 7) is 0.0544. The molecule has 0 aliphatic carbocycles. The molecule has 2 rings (SSSR count). The van der Waals surface area contributed by atoms with E-state index in [0.717, 1.165) is 3.57 Å². The molecule has 0 fully saturated rings. The van der Waals surface area contributed by atoms with Crippen LogP contribution in [0.4, 0.5) is 0 Å². The van der Waals surface area contributed by atoms with Gasteiger partial charge in [0.25, 0.3) is 5.56 Å². The third kappa shape index (κ3) is 3.08. The lowest BCUT2D eigenvalue weighted by Gasteiger charge is -2.05. The molecule has 0 aliphatic heterocycles. The van der Waals surface area contributed by atoms with Gasteiger partial charge in [-0.2, -0.15) is 0 Å². The zero-order valence-corrected chi connectivity index (χ0v) is 13.0. The smallest absolute Gasteiger partial charge is 0.265 e. The summed E-state index contributed by atoms with van der Waals surface area (Å²) in [7, 11) is 0. The van der Waals surface area contributed by atoms with Crippen molar-refractivity contribution in [3.8, 4) is 0 Å². The van der Waals surface area contributed by atoms with Crippen LogP contribution in [0.3, 0.4) is 0 Å². The highest BCUT2D eigenvalue weighted by Gasteiger charge is 2.08. The van der Waals surface area contributed by atoms with Gasteiger partial charge in [0.1, 0.15) is 0 Å². The van der Waals surface area contributed by atoms with Crippen molar-refractivity contribution in [3.63, 3.8) is 0 Å². The molecule has 0 unspecified atom stereocenters. The number of carbonyl (C=O) groups excluding carboxylic acids is 1. The largest absolute Gasteiger partial charge is 0.307 e. The molecule has 1 aromatic carbocycles. The van der Waals surface area contributed by atoms with Gasteiger partial charge in [0.2, 0.25) is 0 Å². The molecule has 0 N–H and O–H groups in total. The van der Waals surface area contributed by atoms with Crippen LogP contribution in [0, 0.1) is 3.57 Å². The van der Waals surface area contributed by atoms with Crippen molar-refractivity contribution in [2.24, 2.45) is 0 Å². The number of carbonyl (C=O) groups is 1. The Morgan fingerprint density at radius 2 is 1.89 bits per heavy atom. The van der Waals surface area contributed by atoms with Crippen LogP contribution in [0.15, 0.2) is 51.9 Å². The van der Waals surface area contributed by atoms with Gasteiger partial charge in [-0.15, -0.1) is 0 Å². The number of Topliss-reactive ketones (excluding diaryl/α,β-unsaturated/α-hetero) is 1. The summed E-state index contributed by atoms with van der Waals surface area (Å²) < 4.78 is 2.92. The minimum absolute atomic E-state index is 0.0544. The number of ketones is 1. The summed E-state index contributed by atoms with van der Waals surface area (Å²) in [5.41, 5.74) is 0.415. The number of halogens is 2. The average Bonchev–Trinajstić information content (AvgIpc) is 2.36. The third-order valence-electron chi connectivity index (χ3n) is 2.45. The van der Waals surface area contributed by atoms with Crippen LogP contribution in [0.5, 0.6) is 0 Å². The van der Waals surface area contributed by atoms with Gasteiger partial charge >= 0.3 is 0 Å². The number of nitrogens with zero attached hydrogens (tertiary/aromatic N) is 1. The van der Waals surface area contributed by atoms with E-state index in [4.69, 9.17) is 0 Å². The van der Waals surface area contributed by atoms with Crippen molar-refractivity contribution in [2.45, 2.75) is 6.54 Å². The Balaban J connectivity index is 2.24. The number of rotatable bonds is 3. The second kappa shape index (κ2) is 5.79. The molecule has 0 radical (unpaired) electrons. The Labute approximate surface area is 126 Å². The molecule has 5 heteroatoms. The second-order valence-electron chi connectivity index (χ2n) is 3.72. The molecule has 0 saturated carbocycles. The van der Waals surface area contributed by atoms with Gasteiger partial charge < -0.3 is 4.57 Å². The maximum absolute atomic E-state index is 12.0. The molecular weight excluding hydrogens is 409 g/mol. The van der Waals surface area contributed by atoms with Gasteiger partial charge in [0.15, 0.2) is 5.78 Å². The Bertz CT molecular complexity index is 634. The molecule has 0 spiro atoms. The molecule has 2 aromatic rings. The Morgan fingerprint density at radius 1 is 1.22 bits per heavy atom. The monoisotopic (exact) mass is 417 g/mol. The van der Waals surface area contributed by atoms with E-state index in [0.29, 0.717) is 10.0 Å². The zero-order chi connectivity index (χ0) is 13.1. The van der Waals surface area contributed by atoms with Gasteiger partial charge in [-0.3, -0.25) is 9.59 Å². The second-order valence-corrected chi connectivity index (χ2v) is 5.82. The molecular formula is C13H9BrINO2. The van der Waals surface area contributed by atoms with Gasteiger partial charge in [0.05, 0.1) is 11.0 Å². The molecule has 0 amide bonds. The quantitative estimate of drug-likeness (QED) is 0.568. The molecule has 1 aromatic heterocycles. The maximum atomic E-state index is 12.0. The Hall–Kier alpha value is -0.950.